The number of aliphatic hydroxyl groups is 1. The van der Waals surface area contributed by atoms with Crippen LogP contribution in [-0.4, -0.2) is 63.4 Å². The Bertz CT molecular complexity index is 851. The van der Waals surface area contributed by atoms with Crippen molar-refractivity contribution in [2.45, 2.75) is 52.6 Å². The van der Waals surface area contributed by atoms with E-state index in [1.165, 1.54) is 0 Å². The lowest BCUT2D eigenvalue weighted by Gasteiger charge is -2.39. The third-order valence-electron chi connectivity index (χ3n) is 5.55. The van der Waals surface area contributed by atoms with Crippen molar-refractivity contribution in [3.8, 4) is 0 Å². The van der Waals surface area contributed by atoms with E-state index in [4.69, 9.17) is 4.74 Å². The Morgan fingerprint density at radius 2 is 1.93 bits per heavy atom. The van der Waals surface area contributed by atoms with Crippen molar-refractivity contribution in [2.75, 3.05) is 19.7 Å². The van der Waals surface area contributed by atoms with Gasteiger partial charge in [-0.1, -0.05) is 26.8 Å². The minimum atomic E-state index is -0.757. The Morgan fingerprint density at radius 1 is 1.27 bits per heavy atom. The number of ketones is 1. The number of piperidine rings is 1. The van der Waals surface area contributed by atoms with Crippen LogP contribution in [-0.2, 0) is 14.3 Å². The largest absolute Gasteiger partial charge is 0.503 e. The molecule has 0 saturated carbocycles. The number of likely N-dealkylation sites (tertiary alicyclic amines) is 1. The lowest BCUT2D eigenvalue weighted by molar-refractivity contribution is -0.132. The molecule has 0 bridgehead atoms. The van der Waals surface area contributed by atoms with Crippen LogP contribution in [0.15, 0.2) is 35.9 Å². The van der Waals surface area contributed by atoms with Crippen LogP contribution in [0, 0.1) is 5.41 Å². The Hall–Kier alpha value is -2.90. The summed E-state index contributed by atoms with van der Waals surface area (Å²) in [5.41, 5.74) is 0.0384. The number of aromatic nitrogens is 1. The molecule has 1 atom stereocenters. The molecule has 1 fully saturated rings. The summed E-state index contributed by atoms with van der Waals surface area (Å²) in [5.74, 6) is -1.31. The molecule has 2 aliphatic heterocycles. The summed E-state index contributed by atoms with van der Waals surface area (Å²) in [6.07, 6.45) is 3.94. The van der Waals surface area contributed by atoms with Crippen molar-refractivity contribution < 1.29 is 24.2 Å². The second-order valence-electron chi connectivity index (χ2n) is 8.66. The standard InChI is InChI=1S/C22H29N3O5/c1-5-30-21(29)24-11-8-15(9-12-24)25-17(14-7-6-10-23-13-14)16(18(26)20(25)28)19(27)22(2,3)4/h6-7,10,13,15,17,26H,5,8-9,11-12H2,1-4H3. The van der Waals surface area contributed by atoms with Crippen molar-refractivity contribution in [1.29, 1.82) is 0 Å². The van der Waals surface area contributed by atoms with Gasteiger partial charge in [0.25, 0.3) is 5.91 Å². The molecule has 1 aromatic heterocycles. The fourth-order valence-electron chi connectivity index (χ4n) is 4.04. The molecule has 3 rings (SSSR count). The van der Waals surface area contributed by atoms with Crippen LogP contribution >= 0.6 is 0 Å². The second kappa shape index (κ2) is 8.45. The topological polar surface area (TPSA) is 100 Å². The molecule has 0 aromatic carbocycles. The summed E-state index contributed by atoms with van der Waals surface area (Å²) in [4.78, 5) is 45.6. The van der Waals surface area contributed by atoms with Crippen LogP contribution in [0.3, 0.4) is 0 Å². The molecule has 2 aliphatic rings. The van der Waals surface area contributed by atoms with Crippen LogP contribution in [0.2, 0.25) is 0 Å². The molecule has 162 valence electrons. The summed E-state index contributed by atoms with van der Waals surface area (Å²) in [6.45, 7) is 8.24. The molecule has 0 radical (unpaired) electrons. The highest BCUT2D eigenvalue weighted by Crippen LogP contribution is 2.43. The normalized spacial score (nSPS) is 20.7. The molecule has 1 unspecified atom stereocenters. The van der Waals surface area contributed by atoms with Gasteiger partial charge in [-0.3, -0.25) is 14.6 Å². The van der Waals surface area contributed by atoms with E-state index in [-0.39, 0.29) is 23.5 Å². The van der Waals surface area contributed by atoms with Crippen molar-refractivity contribution in [3.63, 3.8) is 0 Å². The summed E-state index contributed by atoms with van der Waals surface area (Å²) < 4.78 is 5.06. The van der Waals surface area contributed by atoms with E-state index in [1.54, 1.807) is 62.0 Å². The summed E-state index contributed by atoms with van der Waals surface area (Å²) >= 11 is 0. The van der Waals surface area contributed by atoms with Gasteiger partial charge in [0, 0.05) is 36.9 Å². The predicted octanol–water partition coefficient (Wildman–Crippen LogP) is 3.01. The van der Waals surface area contributed by atoms with E-state index in [2.05, 4.69) is 4.98 Å². The molecule has 0 aliphatic carbocycles. The van der Waals surface area contributed by atoms with Gasteiger partial charge in [-0.05, 0) is 31.4 Å². The SMILES string of the molecule is CCOC(=O)N1CCC(N2C(=O)C(O)=C(C(=O)C(C)(C)C)C2c2cccnc2)CC1. The lowest BCUT2D eigenvalue weighted by Crippen LogP contribution is -2.49. The minimum Gasteiger partial charge on any atom is -0.503 e. The number of hydrogen-bond acceptors (Lipinski definition) is 6. The number of hydrogen-bond donors (Lipinski definition) is 1. The fourth-order valence-corrected chi connectivity index (χ4v) is 4.04. The average Bonchev–Trinajstić information content (AvgIpc) is 2.98. The predicted molar refractivity (Wildman–Crippen MR) is 110 cm³/mol. The van der Waals surface area contributed by atoms with Crippen molar-refractivity contribution in [3.05, 3.63) is 41.4 Å². The highest BCUT2D eigenvalue weighted by Gasteiger charge is 2.49. The third kappa shape index (κ3) is 4.04. The summed E-state index contributed by atoms with van der Waals surface area (Å²) in [7, 11) is 0. The maximum atomic E-state index is 13.2. The van der Waals surface area contributed by atoms with Crippen molar-refractivity contribution in [2.24, 2.45) is 5.41 Å². The fraction of sp³-hybridized carbons (Fsp3) is 0.545. The van der Waals surface area contributed by atoms with E-state index in [1.807, 2.05) is 0 Å². The number of rotatable bonds is 4. The Morgan fingerprint density at radius 3 is 2.47 bits per heavy atom. The molecular formula is C22H29N3O5. The summed E-state index contributed by atoms with van der Waals surface area (Å²) in [5, 5.41) is 10.7. The van der Waals surface area contributed by atoms with E-state index >= 15 is 0 Å². The number of carbonyl (C=O) groups excluding carboxylic acids is 3. The van der Waals surface area contributed by atoms with E-state index in [0.29, 0.717) is 38.1 Å². The average molecular weight is 415 g/mol. The van der Waals surface area contributed by atoms with E-state index in [9.17, 15) is 19.5 Å². The number of aliphatic hydroxyl groups excluding tert-OH is 1. The first-order valence-electron chi connectivity index (χ1n) is 10.3. The highest BCUT2D eigenvalue weighted by molar-refractivity contribution is 6.10. The molecule has 2 amide bonds. The van der Waals surface area contributed by atoms with Gasteiger partial charge in [-0.2, -0.15) is 0 Å². The zero-order chi connectivity index (χ0) is 22.1. The molecule has 8 heteroatoms. The molecule has 1 aromatic rings. The maximum absolute atomic E-state index is 13.2. The van der Waals surface area contributed by atoms with Crippen LogP contribution in [0.1, 0.15) is 52.1 Å². The number of ether oxygens (including phenoxy) is 1. The quantitative estimate of drug-likeness (QED) is 0.811. The number of nitrogens with zero attached hydrogens (tertiary/aromatic N) is 3. The first-order chi connectivity index (χ1) is 14.2. The van der Waals surface area contributed by atoms with Crippen LogP contribution < -0.4 is 0 Å². The van der Waals surface area contributed by atoms with Gasteiger partial charge in [0.1, 0.15) is 0 Å². The van der Waals surface area contributed by atoms with Crippen LogP contribution in [0.5, 0.6) is 0 Å². The van der Waals surface area contributed by atoms with E-state index < -0.39 is 23.1 Å². The van der Waals surface area contributed by atoms with Crippen molar-refractivity contribution in [1.82, 2.24) is 14.8 Å². The molecular weight excluding hydrogens is 386 g/mol. The first-order valence-corrected chi connectivity index (χ1v) is 10.3. The number of Topliss-reactive ketones (excluding diaryl/α,β-unsaturated/α-hetero) is 1. The lowest BCUT2D eigenvalue weighted by atomic mass is 9.82. The van der Waals surface area contributed by atoms with Crippen LogP contribution in [0.25, 0.3) is 0 Å². The molecule has 30 heavy (non-hydrogen) atoms. The molecule has 8 nitrogen and oxygen atoms in total. The monoisotopic (exact) mass is 415 g/mol. The zero-order valence-electron chi connectivity index (χ0n) is 17.9. The van der Waals surface area contributed by atoms with Gasteiger partial charge in [0.05, 0.1) is 18.2 Å². The Labute approximate surface area is 176 Å². The van der Waals surface area contributed by atoms with Gasteiger partial charge in [-0.25, -0.2) is 4.79 Å². The van der Waals surface area contributed by atoms with Gasteiger partial charge in [0.2, 0.25) is 0 Å². The second-order valence-corrected chi connectivity index (χ2v) is 8.66. The van der Waals surface area contributed by atoms with Gasteiger partial charge in [0.15, 0.2) is 11.5 Å². The number of amides is 2. The number of pyridine rings is 1. The van der Waals surface area contributed by atoms with Crippen LogP contribution in [0.4, 0.5) is 4.79 Å². The first kappa shape index (κ1) is 21.8. The van der Waals surface area contributed by atoms with Gasteiger partial charge in [-0.15, -0.1) is 0 Å². The molecule has 1 N–H and O–H groups in total. The molecule has 0 spiro atoms. The molecule has 3 heterocycles. The summed E-state index contributed by atoms with van der Waals surface area (Å²) in [6, 6.07) is 2.63. The highest BCUT2D eigenvalue weighted by atomic mass is 16.6. The Balaban J connectivity index is 1.92. The number of carbonyl (C=O) groups is 3. The van der Waals surface area contributed by atoms with Gasteiger partial charge < -0.3 is 19.6 Å². The van der Waals surface area contributed by atoms with Crippen molar-refractivity contribution >= 4 is 17.8 Å². The Kier molecular flexibility index (Phi) is 6.14. The van der Waals surface area contributed by atoms with Gasteiger partial charge >= 0.3 is 6.09 Å². The van der Waals surface area contributed by atoms with E-state index in [0.717, 1.165) is 0 Å². The third-order valence-corrected chi connectivity index (χ3v) is 5.55. The molecule has 1 saturated heterocycles. The minimum absolute atomic E-state index is 0.119. The smallest absolute Gasteiger partial charge is 0.409 e. The maximum Gasteiger partial charge on any atom is 0.409 e. The zero-order valence-corrected chi connectivity index (χ0v) is 17.9.